The first-order valence-corrected chi connectivity index (χ1v) is 6.44. The molecule has 20 heavy (non-hydrogen) atoms. The zero-order valence-electron chi connectivity index (χ0n) is 11.1. The summed E-state index contributed by atoms with van der Waals surface area (Å²) in [5.41, 5.74) is 2.27. The van der Waals surface area contributed by atoms with Crippen molar-refractivity contribution < 1.29 is 9.18 Å². The molecule has 5 heteroatoms. The van der Waals surface area contributed by atoms with Crippen molar-refractivity contribution in [3.63, 3.8) is 0 Å². The van der Waals surface area contributed by atoms with Crippen LogP contribution < -0.4 is 10.6 Å². The third-order valence-electron chi connectivity index (χ3n) is 2.96. The molecule has 0 saturated heterocycles. The van der Waals surface area contributed by atoms with Gasteiger partial charge in [0.25, 0.3) is 5.91 Å². The maximum absolute atomic E-state index is 13.7. The van der Waals surface area contributed by atoms with Gasteiger partial charge in [0, 0.05) is 18.3 Å². The molecular formula is C15H14ClFN2O. The molecule has 0 fully saturated rings. The van der Waals surface area contributed by atoms with E-state index in [1.54, 1.807) is 25.2 Å². The summed E-state index contributed by atoms with van der Waals surface area (Å²) in [5, 5.41) is 5.49. The number of rotatable bonds is 3. The summed E-state index contributed by atoms with van der Waals surface area (Å²) in [5.74, 6) is -1.00. The first-order valence-electron chi connectivity index (χ1n) is 6.06. The van der Waals surface area contributed by atoms with E-state index in [0.717, 1.165) is 11.3 Å². The highest BCUT2D eigenvalue weighted by molar-refractivity contribution is 6.31. The van der Waals surface area contributed by atoms with Crippen LogP contribution in [0.1, 0.15) is 15.9 Å². The fourth-order valence-corrected chi connectivity index (χ4v) is 2.04. The lowest BCUT2D eigenvalue weighted by atomic mass is 10.1. The minimum Gasteiger partial charge on any atom is -0.388 e. The van der Waals surface area contributed by atoms with Gasteiger partial charge in [0.2, 0.25) is 0 Å². The minimum atomic E-state index is -0.632. The van der Waals surface area contributed by atoms with Gasteiger partial charge in [-0.2, -0.15) is 0 Å². The van der Waals surface area contributed by atoms with Crippen molar-refractivity contribution in [3.05, 3.63) is 58.4 Å². The van der Waals surface area contributed by atoms with Gasteiger partial charge >= 0.3 is 0 Å². The van der Waals surface area contributed by atoms with E-state index in [9.17, 15) is 9.18 Å². The van der Waals surface area contributed by atoms with Crippen LogP contribution >= 0.6 is 11.6 Å². The zero-order chi connectivity index (χ0) is 14.7. The van der Waals surface area contributed by atoms with Crippen molar-refractivity contribution in [1.29, 1.82) is 0 Å². The number of carbonyl (C=O) groups is 1. The van der Waals surface area contributed by atoms with Gasteiger partial charge in [0.1, 0.15) is 0 Å². The van der Waals surface area contributed by atoms with Crippen LogP contribution in [0.3, 0.4) is 0 Å². The molecule has 2 aromatic rings. The average Bonchev–Trinajstić information content (AvgIpc) is 2.43. The number of hydrogen-bond acceptors (Lipinski definition) is 2. The van der Waals surface area contributed by atoms with E-state index in [0.29, 0.717) is 5.56 Å². The van der Waals surface area contributed by atoms with Crippen molar-refractivity contribution in [2.45, 2.75) is 6.92 Å². The van der Waals surface area contributed by atoms with E-state index in [2.05, 4.69) is 10.6 Å². The molecule has 0 aromatic heterocycles. The topological polar surface area (TPSA) is 41.1 Å². The van der Waals surface area contributed by atoms with E-state index in [-0.39, 0.29) is 16.6 Å². The Morgan fingerprint density at radius 1 is 1.25 bits per heavy atom. The van der Waals surface area contributed by atoms with E-state index < -0.39 is 5.82 Å². The van der Waals surface area contributed by atoms with E-state index in [4.69, 9.17) is 11.6 Å². The van der Waals surface area contributed by atoms with Gasteiger partial charge in [-0.15, -0.1) is 0 Å². The SMILES string of the molecule is CNc1ccc(C(=O)Nc2cccc(Cl)c2F)c(C)c1. The number of halogens is 2. The third-order valence-corrected chi connectivity index (χ3v) is 3.25. The largest absolute Gasteiger partial charge is 0.388 e. The quantitative estimate of drug-likeness (QED) is 0.895. The standard InChI is InChI=1S/C15H14ClFN2O/c1-9-8-10(18-2)6-7-11(9)15(20)19-13-5-3-4-12(16)14(13)17/h3-8,18H,1-2H3,(H,19,20). The van der Waals surface area contributed by atoms with Crippen molar-refractivity contribution >= 4 is 28.9 Å². The van der Waals surface area contributed by atoms with Gasteiger partial charge in [-0.3, -0.25) is 4.79 Å². The molecule has 1 amide bonds. The Bertz CT molecular complexity index is 658. The van der Waals surface area contributed by atoms with Crippen LogP contribution in [-0.2, 0) is 0 Å². The van der Waals surface area contributed by atoms with Crippen LogP contribution in [0.25, 0.3) is 0 Å². The highest BCUT2D eigenvalue weighted by atomic mass is 35.5. The molecular weight excluding hydrogens is 279 g/mol. The summed E-state index contributed by atoms with van der Waals surface area (Å²) in [6, 6.07) is 9.81. The smallest absolute Gasteiger partial charge is 0.256 e. The molecule has 0 aliphatic heterocycles. The molecule has 2 N–H and O–H groups in total. The van der Waals surface area contributed by atoms with Gasteiger partial charge in [0.15, 0.2) is 5.82 Å². The molecule has 2 aromatic carbocycles. The molecule has 0 unspecified atom stereocenters. The Kier molecular flexibility index (Phi) is 4.25. The number of aryl methyl sites for hydroxylation is 1. The van der Waals surface area contributed by atoms with Crippen LogP contribution in [0.2, 0.25) is 5.02 Å². The van der Waals surface area contributed by atoms with Crippen LogP contribution in [0, 0.1) is 12.7 Å². The number of hydrogen-bond donors (Lipinski definition) is 2. The predicted molar refractivity (Wildman–Crippen MR) is 80.1 cm³/mol. The Balaban J connectivity index is 2.26. The predicted octanol–water partition coefficient (Wildman–Crippen LogP) is 4.08. The normalized spacial score (nSPS) is 10.2. The lowest BCUT2D eigenvalue weighted by Crippen LogP contribution is -2.14. The lowest BCUT2D eigenvalue weighted by Gasteiger charge is -2.10. The van der Waals surface area contributed by atoms with Gasteiger partial charge in [-0.1, -0.05) is 17.7 Å². The van der Waals surface area contributed by atoms with E-state index in [1.807, 2.05) is 13.0 Å². The first-order chi connectivity index (χ1) is 9.52. The molecule has 104 valence electrons. The van der Waals surface area contributed by atoms with Crippen molar-refractivity contribution in [1.82, 2.24) is 0 Å². The molecule has 2 rings (SSSR count). The maximum atomic E-state index is 13.7. The molecule has 0 saturated carbocycles. The Labute approximate surface area is 121 Å². The monoisotopic (exact) mass is 292 g/mol. The fourth-order valence-electron chi connectivity index (χ4n) is 1.86. The molecule has 0 bridgehead atoms. The van der Waals surface area contributed by atoms with Crippen molar-refractivity contribution in [2.24, 2.45) is 0 Å². The lowest BCUT2D eigenvalue weighted by molar-refractivity contribution is 0.102. The Morgan fingerprint density at radius 3 is 2.65 bits per heavy atom. The minimum absolute atomic E-state index is 0.0231. The summed E-state index contributed by atoms with van der Waals surface area (Å²) in [7, 11) is 1.80. The number of amides is 1. The Hall–Kier alpha value is -2.07. The molecule has 0 aliphatic rings. The summed E-state index contributed by atoms with van der Waals surface area (Å²) in [6.45, 7) is 1.82. The van der Waals surface area contributed by atoms with Crippen LogP contribution in [0.5, 0.6) is 0 Å². The van der Waals surface area contributed by atoms with Gasteiger partial charge < -0.3 is 10.6 Å². The fraction of sp³-hybridized carbons (Fsp3) is 0.133. The molecule has 0 radical (unpaired) electrons. The highest BCUT2D eigenvalue weighted by Crippen LogP contribution is 2.23. The third kappa shape index (κ3) is 2.91. The van der Waals surface area contributed by atoms with E-state index in [1.165, 1.54) is 12.1 Å². The summed E-state index contributed by atoms with van der Waals surface area (Å²) >= 11 is 5.68. The number of anilines is 2. The van der Waals surface area contributed by atoms with Gasteiger partial charge in [-0.05, 0) is 42.8 Å². The van der Waals surface area contributed by atoms with Crippen LogP contribution in [0.15, 0.2) is 36.4 Å². The second-order valence-electron chi connectivity index (χ2n) is 4.34. The van der Waals surface area contributed by atoms with Crippen LogP contribution in [0.4, 0.5) is 15.8 Å². The second kappa shape index (κ2) is 5.92. The second-order valence-corrected chi connectivity index (χ2v) is 4.74. The summed E-state index contributed by atoms with van der Waals surface area (Å²) < 4.78 is 13.7. The van der Waals surface area contributed by atoms with Crippen molar-refractivity contribution in [3.8, 4) is 0 Å². The molecule has 0 heterocycles. The average molecular weight is 293 g/mol. The van der Waals surface area contributed by atoms with Gasteiger partial charge in [-0.25, -0.2) is 4.39 Å². The molecule has 0 spiro atoms. The zero-order valence-corrected chi connectivity index (χ0v) is 11.9. The number of benzene rings is 2. The summed E-state index contributed by atoms with van der Waals surface area (Å²) in [6.07, 6.45) is 0. The van der Waals surface area contributed by atoms with Gasteiger partial charge in [0.05, 0.1) is 10.7 Å². The molecule has 0 aliphatic carbocycles. The summed E-state index contributed by atoms with van der Waals surface area (Å²) in [4.78, 5) is 12.2. The molecule has 3 nitrogen and oxygen atoms in total. The van der Waals surface area contributed by atoms with Crippen molar-refractivity contribution in [2.75, 3.05) is 17.7 Å². The first kappa shape index (κ1) is 14.3. The molecule has 0 atom stereocenters. The number of carbonyl (C=O) groups excluding carboxylic acids is 1. The van der Waals surface area contributed by atoms with Crippen LogP contribution in [-0.4, -0.2) is 13.0 Å². The van der Waals surface area contributed by atoms with E-state index >= 15 is 0 Å². The highest BCUT2D eigenvalue weighted by Gasteiger charge is 2.13. The maximum Gasteiger partial charge on any atom is 0.256 e. The Morgan fingerprint density at radius 2 is 2.00 bits per heavy atom. The number of nitrogens with one attached hydrogen (secondary N) is 2.